The van der Waals surface area contributed by atoms with Crippen molar-refractivity contribution in [3.8, 4) is 5.75 Å². The van der Waals surface area contributed by atoms with Crippen LogP contribution in [-0.4, -0.2) is 23.1 Å². The fourth-order valence-corrected chi connectivity index (χ4v) is 2.28. The largest absolute Gasteiger partial charge is 0.507 e. The minimum atomic E-state index is 0.203. The van der Waals surface area contributed by atoms with Gasteiger partial charge in [0.25, 0.3) is 0 Å². The summed E-state index contributed by atoms with van der Waals surface area (Å²) in [6.07, 6.45) is 0. The van der Waals surface area contributed by atoms with E-state index in [1.807, 2.05) is 30.3 Å². The summed E-state index contributed by atoms with van der Waals surface area (Å²) >= 11 is 0. The Hall–Kier alpha value is -1.54. The van der Waals surface area contributed by atoms with Gasteiger partial charge >= 0.3 is 0 Å². The lowest BCUT2D eigenvalue weighted by Gasteiger charge is -2.29. The molecule has 1 N–H and O–H groups in total. The molecule has 0 spiro atoms. The van der Waals surface area contributed by atoms with E-state index in [-0.39, 0.29) is 6.04 Å². The molecule has 0 amide bonds. The highest BCUT2D eigenvalue weighted by atomic mass is 16.3. The maximum atomic E-state index is 10.4. The molecule has 2 heteroatoms. The zero-order valence-electron chi connectivity index (χ0n) is 11.5. The van der Waals surface area contributed by atoms with Gasteiger partial charge < -0.3 is 5.11 Å². The number of benzene rings is 2. The number of rotatable bonds is 3. The maximum absolute atomic E-state index is 10.4. The van der Waals surface area contributed by atoms with E-state index in [1.54, 1.807) is 0 Å². The van der Waals surface area contributed by atoms with Crippen LogP contribution in [0, 0.1) is 0 Å². The third-order valence-corrected chi connectivity index (χ3v) is 3.81. The molecule has 0 saturated carbocycles. The van der Waals surface area contributed by atoms with E-state index in [4.69, 9.17) is 0 Å². The Balaban J connectivity index is 2.49. The van der Waals surface area contributed by atoms with Crippen LogP contribution in [0.5, 0.6) is 5.75 Å². The van der Waals surface area contributed by atoms with E-state index >= 15 is 0 Å². The number of aromatic hydroxyl groups is 1. The molecule has 1 unspecified atom stereocenters. The SMILES string of the molecule is CC(C)N(C)C(C)c1ccc2ccccc2c1O. The van der Waals surface area contributed by atoms with Crippen LogP contribution in [0.3, 0.4) is 0 Å². The van der Waals surface area contributed by atoms with Crippen molar-refractivity contribution >= 4 is 10.8 Å². The number of hydrogen-bond acceptors (Lipinski definition) is 2. The van der Waals surface area contributed by atoms with Crippen LogP contribution in [0.1, 0.15) is 32.4 Å². The Morgan fingerprint density at radius 3 is 2.33 bits per heavy atom. The molecule has 2 aromatic carbocycles. The lowest BCUT2D eigenvalue weighted by atomic mass is 10.00. The number of phenols is 1. The van der Waals surface area contributed by atoms with Crippen LogP contribution in [0.4, 0.5) is 0 Å². The smallest absolute Gasteiger partial charge is 0.128 e. The quantitative estimate of drug-likeness (QED) is 0.882. The van der Waals surface area contributed by atoms with Gasteiger partial charge in [-0.3, -0.25) is 4.90 Å². The summed E-state index contributed by atoms with van der Waals surface area (Å²) in [6.45, 7) is 6.45. The molecule has 2 rings (SSSR count). The molecule has 2 nitrogen and oxygen atoms in total. The Bertz CT molecular complexity index is 548. The molecule has 0 aliphatic carbocycles. The molecule has 0 aromatic heterocycles. The zero-order valence-corrected chi connectivity index (χ0v) is 11.5. The second-order valence-electron chi connectivity index (χ2n) is 5.16. The highest BCUT2D eigenvalue weighted by Gasteiger charge is 2.18. The maximum Gasteiger partial charge on any atom is 0.128 e. The molecule has 2 aromatic rings. The predicted molar refractivity (Wildman–Crippen MR) is 76.9 cm³/mol. The summed E-state index contributed by atoms with van der Waals surface area (Å²) in [5.41, 5.74) is 0.991. The number of phenolic OH excluding ortho intramolecular Hbond substituents is 1. The minimum Gasteiger partial charge on any atom is -0.507 e. The highest BCUT2D eigenvalue weighted by Crippen LogP contribution is 2.34. The summed E-state index contributed by atoms with van der Waals surface area (Å²) < 4.78 is 0. The first-order valence-corrected chi connectivity index (χ1v) is 6.45. The second kappa shape index (κ2) is 4.99. The summed E-state index contributed by atoms with van der Waals surface area (Å²) in [5, 5.41) is 12.4. The van der Waals surface area contributed by atoms with Gasteiger partial charge in [0, 0.05) is 23.0 Å². The molecular weight excluding hydrogens is 222 g/mol. The lowest BCUT2D eigenvalue weighted by Crippen LogP contribution is -2.29. The first-order valence-electron chi connectivity index (χ1n) is 6.45. The fraction of sp³-hybridized carbons (Fsp3) is 0.375. The zero-order chi connectivity index (χ0) is 13.3. The average molecular weight is 243 g/mol. The third kappa shape index (κ3) is 2.21. The number of nitrogens with zero attached hydrogens (tertiary/aromatic N) is 1. The standard InChI is InChI=1S/C16H21NO/c1-11(2)17(4)12(3)14-10-9-13-7-5-6-8-15(13)16(14)18/h5-12,18H,1-4H3. The van der Waals surface area contributed by atoms with Gasteiger partial charge in [0.2, 0.25) is 0 Å². The van der Waals surface area contributed by atoms with Gasteiger partial charge in [-0.2, -0.15) is 0 Å². The van der Waals surface area contributed by atoms with E-state index in [9.17, 15) is 5.11 Å². The van der Waals surface area contributed by atoms with E-state index in [2.05, 4.69) is 38.8 Å². The van der Waals surface area contributed by atoms with Gasteiger partial charge in [-0.1, -0.05) is 36.4 Å². The van der Waals surface area contributed by atoms with Crippen LogP contribution >= 0.6 is 0 Å². The van der Waals surface area contributed by atoms with Crippen molar-refractivity contribution in [1.82, 2.24) is 4.90 Å². The van der Waals surface area contributed by atoms with Crippen molar-refractivity contribution in [2.24, 2.45) is 0 Å². The van der Waals surface area contributed by atoms with Crippen molar-refractivity contribution in [2.75, 3.05) is 7.05 Å². The van der Waals surface area contributed by atoms with Gasteiger partial charge in [-0.15, -0.1) is 0 Å². The lowest BCUT2D eigenvalue weighted by molar-refractivity contribution is 0.207. The van der Waals surface area contributed by atoms with Crippen LogP contribution < -0.4 is 0 Å². The fourth-order valence-electron chi connectivity index (χ4n) is 2.28. The van der Waals surface area contributed by atoms with E-state index in [1.165, 1.54) is 0 Å². The second-order valence-corrected chi connectivity index (χ2v) is 5.16. The van der Waals surface area contributed by atoms with Gasteiger partial charge in [0.05, 0.1) is 0 Å². The number of hydrogen-bond donors (Lipinski definition) is 1. The molecule has 18 heavy (non-hydrogen) atoms. The minimum absolute atomic E-state index is 0.203. The van der Waals surface area contributed by atoms with Gasteiger partial charge in [-0.05, 0) is 33.2 Å². The van der Waals surface area contributed by atoms with Crippen molar-refractivity contribution < 1.29 is 5.11 Å². The molecule has 1 atom stereocenters. The topological polar surface area (TPSA) is 23.5 Å². The first kappa shape index (κ1) is 12.9. The molecule has 0 saturated heterocycles. The summed E-state index contributed by atoms with van der Waals surface area (Å²) in [7, 11) is 2.09. The molecule has 0 radical (unpaired) electrons. The van der Waals surface area contributed by atoms with Crippen LogP contribution in [0.15, 0.2) is 36.4 Å². The molecule has 0 fully saturated rings. The molecular formula is C16H21NO. The van der Waals surface area contributed by atoms with Crippen molar-refractivity contribution in [1.29, 1.82) is 0 Å². The molecule has 0 heterocycles. The molecule has 0 aliphatic heterocycles. The molecule has 96 valence electrons. The van der Waals surface area contributed by atoms with Crippen LogP contribution in [0.2, 0.25) is 0 Å². The monoisotopic (exact) mass is 243 g/mol. The predicted octanol–water partition coefficient (Wildman–Crippen LogP) is 3.95. The molecule has 0 bridgehead atoms. The molecule has 0 aliphatic rings. The summed E-state index contributed by atoms with van der Waals surface area (Å²) in [6, 6.07) is 12.7. The normalized spacial score (nSPS) is 13.4. The van der Waals surface area contributed by atoms with Crippen molar-refractivity contribution in [3.05, 3.63) is 42.0 Å². The highest BCUT2D eigenvalue weighted by molar-refractivity contribution is 5.89. The average Bonchev–Trinajstić information content (AvgIpc) is 2.37. The Morgan fingerprint density at radius 1 is 1.00 bits per heavy atom. The van der Waals surface area contributed by atoms with Gasteiger partial charge in [0.1, 0.15) is 5.75 Å². The van der Waals surface area contributed by atoms with Crippen molar-refractivity contribution in [2.45, 2.75) is 32.9 Å². The van der Waals surface area contributed by atoms with Crippen LogP contribution in [0.25, 0.3) is 10.8 Å². The Kier molecular flexibility index (Phi) is 3.58. The van der Waals surface area contributed by atoms with Gasteiger partial charge in [-0.25, -0.2) is 0 Å². The van der Waals surface area contributed by atoms with Crippen LogP contribution in [-0.2, 0) is 0 Å². The first-order chi connectivity index (χ1) is 8.52. The van der Waals surface area contributed by atoms with E-state index in [0.29, 0.717) is 11.8 Å². The Morgan fingerprint density at radius 2 is 1.67 bits per heavy atom. The number of fused-ring (bicyclic) bond motifs is 1. The van der Waals surface area contributed by atoms with E-state index in [0.717, 1.165) is 16.3 Å². The Labute approximate surface area is 109 Å². The summed E-state index contributed by atoms with van der Waals surface area (Å²) in [4.78, 5) is 2.25. The van der Waals surface area contributed by atoms with Crippen molar-refractivity contribution in [3.63, 3.8) is 0 Å². The third-order valence-electron chi connectivity index (χ3n) is 3.81. The van der Waals surface area contributed by atoms with E-state index < -0.39 is 0 Å². The summed E-state index contributed by atoms with van der Waals surface area (Å²) in [5.74, 6) is 0.410. The van der Waals surface area contributed by atoms with Gasteiger partial charge in [0.15, 0.2) is 0 Å².